The molecule has 0 saturated carbocycles. The van der Waals surface area contributed by atoms with Gasteiger partial charge in [0, 0.05) is 17.7 Å². The molecule has 0 aliphatic heterocycles. The quantitative estimate of drug-likeness (QED) is 0.857. The van der Waals surface area contributed by atoms with E-state index in [0.29, 0.717) is 17.0 Å². The summed E-state index contributed by atoms with van der Waals surface area (Å²) < 4.78 is 13.7. The van der Waals surface area contributed by atoms with E-state index in [9.17, 15) is 4.39 Å². The van der Waals surface area contributed by atoms with Crippen molar-refractivity contribution in [3.05, 3.63) is 34.3 Å². The second-order valence-corrected chi connectivity index (χ2v) is 4.73. The third-order valence-corrected chi connectivity index (χ3v) is 2.85. The highest BCUT2D eigenvalue weighted by atomic mass is 35.5. The minimum Gasteiger partial charge on any atom is -0.396 e. The first-order valence-corrected chi connectivity index (χ1v) is 5.59. The van der Waals surface area contributed by atoms with Crippen molar-refractivity contribution in [2.75, 3.05) is 6.61 Å². The van der Waals surface area contributed by atoms with Crippen molar-refractivity contribution < 1.29 is 9.50 Å². The lowest BCUT2D eigenvalue weighted by Crippen LogP contribution is -2.14. The first-order chi connectivity index (χ1) is 7.36. The van der Waals surface area contributed by atoms with Crippen LogP contribution < -0.4 is 5.73 Å². The van der Waals surface area contributed by atoms with Crippen molar-refractivity contribution in [2.24, 2.45) is 5.73 Å². The molecule has 0 saturated heterocycles. The van der Waals surface area contributed by atoms with Crippen LogP contribution in [-0.2, 0) is 5.67 Å². The molecular weight excluding hydrogens is 229 g/mol. The molecular formula is C12H17ClFNO. The summed E-state index contributed by atoms with van der Waals surface area (Å²) in [5.74, 6) is 0. The highest BCUT2D eigenvalue weighted by Crippen LogP contribution is 2.31. The van der Waals surface area contributed by atoms with E-state index in [-0.39, 0.29) is 12.6 Å². The summed E-state index contributed by atoms with van der Waals surface area (Å²) >= 11 is 6.04. The number of aliphatic hydroxyl groups excluding tert-OH is 1. The monoisotopic (exact) mass is 245 g/mol. The third-order valence-electron chi connectivity index (χ3n) is 2.53. The average molecular weight is 246 g/mol. The Balaban J connectivity index is 3.00. The fourth-order valence-corrected chi connectivity index (χ4v) is 1.81. The van der Waals surface area contributed by atoms with Crippen molar-refractivity contribution >= 4 is 11.6 Å². The maximum atomic E-state index is 13.7. The van der Waals surface area contributed by atoms with Gasteiger partial charge in [-0.15, -0.1) is 0 Å². The molecule has 0 bridgehead atoms. The Bertz CT molecular complexity index is 363. The van der Waals surface area contributed by atoms with Crippen molar-refractivity contribution in [3.63, 3.8) is 0 Å². The van der Waals surface area contributed by atoms with Crippen molar-refractivity contribution in [2.45, 2.75) is 32.0 Å². The number of hydrogen-bond donors (Lipinski definition) is 2. The summed E-state index contributed by atoms with van der Waals surface area (Å²) in [4.78, 5) is 0. The molecule has 1 rings (SSSR count). The Hall–Kier alpha value is -0.640. The average Bonchev–Trinajstić information content (AvgIpc) is 2.16. The standard InChI is InChI=1S/C12H17ClFNO/c1-12(2,14)8-3-4-9(10(13)7-8)11(15)5-6-16/h3-4,7,11,16H,5-6,15H2,1-2H3. The van der Waals surface area contributed by atoms with Gasteiger partial charge in [0.1, 0.15) is 5.67 Å². The number of halogens is 2. The molecule has 0 fully saturated rings. The topological polar surface area (TPSA) is 46.2 Å². The van der Waals surface area contributed by atoms with E-state index in [1.54, 1.807) is 18.2 Å². The minimum absolute atomic E-state index is 0.00779. The number of rotatable bonds is 4. The number of benzene rings is 1. The smallest absolute Gasteiger partial charge is 0.130 e. The van der Waals surface area contributed by atoms with Gasteiger partial charge >= 0.3 is 0 Å². The molecule has 0 aliphatic carbocycles. The number of alkyl halides is 1. The predicted octanol–water partition coefficient (Wildman–Crippen LogP) is 2.93. The molecule has 2 nitrogen and oxygen atoms in total. The molecule has 90 valence electrons. The van der Waals surface area contributed by atoms with Crippen LogP contribution in [0.4, 0.5) is 4.39 Å². The lowest BCUT2D eigenvalue weighted by molar-refractivity contribution is 0.221. The largest absolute Gasteiger partial charge is 0.396 e. The van der Waals surface area contributed by atoms with E-state index < -0.39 is 5.67 Å². The first kappa shape index (κ1) is 13.4. The van der Waals surface area contributed by atoms with Crippen molar-refractivity contribution in [3.8, 4) is 0 Å². The molecule has 1 unspecified atom stereocenters. The lowest BCUT2D eigenvalue weighted by Gasteiger charge is -2.18. The number of aliphatic hydroxyl groups is 1. The molecule has 0 aromatic heterocycles. The summed E-state index contributed by atoms with van der Waals surface area (Å²) in [7, 11) is 0. The fourth-order valence-electron chi connectivity index (χ4n) is 1.49. The Morgan fingerprint density at radius 3 is 2.56 bits per heavy atom. The van der Waals surface area contributed by atoms with Crippen LogP contribution in [0.25, 0.3) is 0 Å². The maximum absolute atomic E-state index is 13.7. The third kappa shape index (κ3) is 3.17. The normalized spacial score (nSPS) is 13.9. The van der Waals surface area contributed by atoms with E-state index in [4.69, 9.17) is 22.4 Å². The van der Waals surface area contributed by atoms with E-state index in [1.165, 1.54) is 13.8 Å². The summed E-state index contributed by atoms with van der Waals surface area (Å²) in [6.45, 7) is 2.96. The molecule has 1 aromatic carbocycles. The Labute approximate surface area is 100 Å². The lowest BCUT2D eigenvalue weighted by atomic mass is 9.96. The zero-order valence-corrected chi connectivity index (χ0v) is 10.3. The van der Waals surface area contributed by atoms with Crippen LogP contribution in [0.3, 0.4) is 0 Å². The minimum atomic E-state index is -1.41. The van der Waals surface area contributed by atoms with Gasteiger partial charge in [-0.25, -0.2) is 4.39 Å². The fraction of sp³-hybridized carbons (Fsp3) is 0.500. The molecule has 0 heterocycles. The summed E-state index contributed by atoms with van der Waals surface area (Å²) in [5.41, 5.74) is 5.68. The first-order valence-electron chi connectivity index (χ1n) is 5.21. The van der Waals surface area contributed by atoms with Gasteiger partial charge in [0.2, 0.25) is 0 Å². The molecule has 0 spiro atoms. The molecule has 1 atom stereocenters. The van der Waals surface area contributed by atoms with Gasteiger partial charge in [-0.2, -0.15) is 0 Å². The van der Waals surface area contributed by atoms with Crippen LogP contribution in [0, 0.1) is 0 Å². The van der Waals surface area contributed by atoms with Gasteiger partial charge in [0.25, 0.3) is 0 Å². The van der Waals surface area contributed by atoms with Gasteiger partial charge in [0.05, 0.1) is 0 Å². The summed E-state index contributed by atoms with van der Waals surface area (Å²) in [6.07, 6.45) is 0.443. The van der Waals surface area contributed by atoms with Gasteiger partial charge in [0.15, 0.2) is 0 Å². The summed E-state index contributed by atoms with van der Waals surface area (Å²) in [5, 5.41) is 9.24. The molecule has 0 aliphatic rings. The zero-order valence-electron chi connectivity index (χ0n) is 9.50. The van der Waals surface area contributed by atoms with Crippen LogP contribution >= 0.6 is 11.6 Å². The molecule has 0 radical (unpaired) electrons. The highest BCUT2D eigenvalue weighted by Gasteiger charge is 2.20. The van der Waals surface area contributed by atoms with E-state index >= 15 is 0 Å². The van der Waals surface area contributed by atoms with Gasteiger partial charge in [-0.3, -0.25) is 0 Å². The van der Waals surface area contributed by atoms with Gasteiger partial charge in [-0.1, -0.05) is 23.7 Å². The van der Waals surface area contributed by atoms with Gasteiger partial charge in [-0.05, 0) is 37.5 Å². The van der Waals surface area contributed by atoms with E-state index in [1.807, 2.05) is 0 Å². The van der Waals surface area contributed by atoms with E-state index in [0.717, 1.165) is 5.56 Å². The maximum Gasteiger partial charge on any atom is 0.130 e. The molecule has 1 aromatic rings. The Kier molecular flexibility index (Phi) is 4.30. The second-order valence-electron chi connectivity index (χ2n) is 4.33. The Morgan fingerprint density at radius 2 is 2.12 bits per heavy atom. The number of hydrogen-bond acceptors (Lipinski definition) is 2. The van der Waals surface area contributed by atoms with Crippen LogP contribution in [0.1, 0.15) is 37.4 Å². The van der Waals surface area contributed by atoms with Crippen molar-refractivity contribution in [1.82, 2.24) is 0 Å². The van der Waals surface area contributed by atoms with Crippen LogP contribution in [-0.4, -0.2) is 11.7 Å². The second kappa shape index (κ2) is 5.13. The zero-order chi connectivity index (χ0) is 12.3. The van der Waals surface area contributed by atoms with Crippen LogP contribution in [0.15, 0.2) is 18.2 Å². The van der Waals surface area contributed by atoms with Gasteiger partial charge < -0.3 is 10.8 Å². The Morgan fingerprint density at radius 1 is 1.50 bits per heavy atom. The SMILES string of the molecule is CC(C)(F)c1ccc(C(N)CCO)c(Cl)c1. The summed E-state index contributed by atoms with van der Waals surface area (Å²) in [6, 6.07) is 4.68. The van der Waals surface area contributed by atoms with Crippen LogP contribution in [0.5, 0.6) is 0 Å². The molecule has 16 heavy (non-hydrogen) atoms. The molecule has 0 amide bonds. The van der Waals surface area contributed by atoms with Crippen LogP contribution in [0.2, 0.25) is 5.02 Å². The number of nitrogens with two attached hydrogens (primary N) is 1. The van der Waals surface area contributed by atoms with Crippen molar-refractivity contribution in [1.29, 1.82) is 0 Å². The van der Waals surface area contributed by atoms with E-state index in [2.05, 4.69) is 0 Å². The molecule has 3 N–H and O–H groups in total. The predicted molar refractivity (Wildman–Crippen MR) is 64.2 cm³/mol. The molecule has 4 heteroatoms. The highest BCUT2D eigenvalue weighted by molar-refractivity contribution is 6.31.